The number of nitrogens with zero attached hydrogens (tertiary/aromatic N) is 2. The van der Waals surface area contributed by atoms with E-state index in [1.807, 2.05) is 13.8 Å². The van der Waals surface area contributed by atoms with E-state index in [1.54, 1.807) is 5.06 Å². The van der Waals surface area contributed by atoms with Gasteiger partial charge in [-0.1, -0.05) is 0 Å². The maximum atomic E-state index is 11.8. The Labute approximate surface area is 91.1 Å². The second-order valence-electron chi connectivity index (χ2n) is 5.07. The summed E-state index contributed by atoms with van der Waals surface area (Å²) in [5.41, 5.74) is -0.187. The molecule has 2 fully saturated rings. The molecular formula is C11H20N2O2. The van der Waals surface area contributed by atoms with Crippen LogP contribution in [0.4, 0.5) is 0 Å². The van der Waals surface area contributed by atoms with Crippen molar-refractivity contribution in [3.63, 3.8) is 0 Å². The molecule has 15 heavy (non-hydrogen) atoms. The first kappa shape index (κ1) is 10.9. The summed E-state index contributed by atoms with van der Waals surface area (Å²) in [5.74, 6) is 0.148. The quantitative estimate of drug-likeness (QED) is 0.650. The van der Waals surface area contributed by atoms with E-state index in [1.165, 1.54) is 0 Å². The van der Waals surface area contributed by atoms with Crippen LogP contribution in [0.2, 0.25) is 0 Å². The molecule has 0 aliphatic carbocycles. The van der Waals surface area contributed by atoms with Crippen molar-refractivity contribution < 1.29 is 9.63 Å². The first-order valence-electron chi connectivity index (χ1n) is 5.72. The van der Waals surface area contributed by atoms with Crippen LogP contribution < -0.4 is 0 Å². The average molecular weight is 212 g/mol. The minimum Gasteiger partial charge on any atom is -0.306 e. The third kappa shape index (κ3) is 2.01. The summed E-state index contributed by atoms with van der Waals surface area (Å²) in [6, 6.07) is 0.150. The molecule has 1 amide bonds. The van der Waals surface area contributed by atoms with Gasteiger partial charge in [-0.15, -0.1) is 0 Å². The number of carbonyl (C=O) groups excluding carboxylic acids is 1. The van der Waals surface area contributed by atoms with Crippen LogP contribution in [0.3, 0.4) is 0 Å². The number of carbonyl (C=O) groups is 1. The van der Waals surface area contributed by atoms with Gasteiger partial charge < -0.3 is 4.90 Å². The first-order valence-corrected chi connectivity index (χ1v) is 5.72. The molecule has 1 spiro atoms. The lowest BCUT2D eigenvalue weighted by molar-refractivity contribution is -0.221. The highest BCUT2D eigenvalue weighted by atomic mass is 16.7. The van der Waals surface area contributed by atoms with E-state index in [0.29, 0.717) is 6.42 Å². The van der Waals surface area contributed by atoms with Crippen molar-refractivity contribution >= 4 is 5.91 Å². The molecule has 0 atom stereocenters. The predicted octanol–water partition coefficient (Wildman–Crippen LogP) is 1.02. The van der Waals surface area contributed by atoms with E-state index in [4.69, 9.17) is 4.84 Å². The van der Waals surface area contributed by atoms with E-state index >= 15 is 0 Å². The number of hydrogen-bond acceptors (Lipinski definition) is 3. The molecule has 86 valence electrons. The van der Waals surface area contributed by atoms with Crippen LogP contribution in [0.25, 0.3) is 0 Å². The van der Waals surface area contributed by atoms with Crippen LogP contribution in [-0.4, -0.2) is 47.7 Å². The molecule has 2 rings (SSSR count). The lowest BCUT2D eigenvalue weighted by Gasteiger charge is -2.36. The second kappa shape index (κ2) is 3.76. The zero-order valence-corrected chi connectivity index (χ0v) is 9.82. The Morgan fingerprint density at radius 3 is 2.40 bits per heavy atom. The van der Waals surface area contributed by atoms with Crippen LogP contribution in [0.15, 0.2) is 0 Å². The molecule has 0 N–H and O–H groups in total. The molecular weight excluding hydrogens is 192 g/mol. The van der Waals surface area contributed by atoms with Gasteiger partial charge in [-0.05, 0) is 33.7 Å². The lowest BCUT2D eigenvalue weighted by Crippen LogP contribution is -2.43. The van der Waals surface area contributed by atoms with Gasteiger partial charge in [-0.25, -0.2) is 5.06 Å². The maximum Gasteiger partial charge on any atom is 0.249 e. The Kier molecular flexibility index (Phi) is 2.73. The normalized spacial score (nSPS) is 26.9. The maximum absolute atomic E-state index is 11.8. The molecule has 4 heteroatoms. The number of hydroxylamine groups is 2. The Morgan fingerprint density at radius 1 is 1.33 bits per heavy atom. The smallest absolute Gasteiger partial charge is 0.249 e. The number of likely N-dealkylation sites (tertiary alicyclic amines) is 1. The zero-order chi connectivity index (χ0) is 11.1. The summed E-state index contributed by atoms with van der Waals surface area (Å²) in [4.78, 5) is 19.9. The number of hydrogen-bond donors (Lipinski definition) is 0. The second-order valence-corrected chi connectivity index (χ2v) is 5.07. The van der Waals surface area contributed by atoms with Crippen molar-refractivity contribution in [3.05, 3.63) is 0 Å². The molecule has 0 aromatic rings. The molecule has 4 nitrogen and oxygen atoms in total. The van der Waals surface area contributed by atoms with E-state index in [0.717, 1.165) is 25.9 Å². The van der Waals surface area contributed by atoms with Gasteiger partial charge in [0.15, 0.2) is 0 Å². The van der Waals surface area contributed by atoms with E-state index < -0.39 is 0 Å². The van der Waals surface area contributed by atoms with Gasteiger partial charge in [0.25, 0.3) is 0 Å². The van der Waals surface area contributed by atoms with Gasteiger partial charge >= 0.3 is 0 Å². The van der Waals surface area contributed by atoms with Crippen molar-refractivity contribution in [3.8, 4) is 0 Å². The average Bonchev–Trinajstić information content (AvgIpc) is 2.50. The van der Waals surface area contributed by atoms with E-state index in [-0.39, 0.29) is 17.6 Å². The molecule has 0 unspecified atom stereocenters. The Morgan fingerprint density at radius 2 is 1.93 bits per heavy atom. The Hall–Kier alpha value is -0.610. The Bertz CT molecular complexity index is 257. The molecule has 2 heterocycles. The molecule has 0 saturated carbocycles. The van der Waals surface area contributed by atoms with Gasteiger partial charge in [0, 0.05) is 13.1 Å². The highest BCUT2D eigenvalue weighted by Crippen LogP contribution is 2.36. The summed E-state index contributed by atoms with van der Waals surface area (Å²) >= 11 is 0. The van der Waals surface area contributed by atoms with Crippen molar-refractivity contribution in [1.82, 2.24) is 9.96 Å². The summed E-state index contributed by atoms with van der Waals surface area (Å²) in [7, 11) is 2.11. The largest absolute Gasteiger partial charge is 0.306 e. The van der Waals surface area contributed by atoms with Crippen LogP contribution in [0, 0.1) is 0 Å². The number of piperidine rings is 1. The van der Waals surface area contributed by atoms with E-state index in [9.17, 15) is 4.79 Å². The predicted molar refractivity (Wildman–Crippen MR) is 57.1 cm³/mol. The van der Waals surface area contributed by atoms with E-state index in [2.05, 4.69) is 11.9 Å². The fourth-order valence-electron chi connectivity index (χ4n) is 2.33. The van der Waals surface area contributed by atoms with Gasteiger partial charge in [-0.2, -0.15) is 0 Å². The van der Waals surface area contributed by atoms with Crippen LogP contribution in [-0.2, 0) is 9.63 Å². The van der Waals surface area contributed by atoms with Crippen LogP contribution in [0.5, 0.6) is 0 Å². The highest BCUT2D eigenvalue weighted by molar-refractivity contribution is 5.78. The molecule has 2 aliphatic heterocycles. The Balaban J connectivity index is 2.04. The van der Waals surface area contributed by atoms with Crippen LogP contribution >= 0.6 is 0 Å². The van der Waals surface area contributed by atoms with Gasteiger partial charge in [-0.3, -0.25) is 9.63 Å². The summed E-state index contributed by atoms with van der Waals surface area (Å²) in [6.07, 6.45) is 2.51. The zero-order valence-electron chi connectivity index (χ0n) is 9.82. The molecule has 0 radical (unpaired) electrons. The van der Waals surface area contributed by atoms with Crippen molar-refractivity contribution in [1.29, 1.82) is 0 Å². The molecule has 2 saturated heterocycles. The summed E-state index contributed by atoms with van der Waals surface area (Å²) in [5, 5.41) is 1.56. The van der Waals surface area contributed by atoms with Crippen molar-refractivity contribution in [2.45, 2.75) is 44.8 Å². The number of rotatable bonds is 1. The first-order chi connectivity index (χ1) is 7.02. The van der Waals surface area contributed by atoms with Gasteiger partial charge in [0.1, 0.15) is 5.60 Å². The van der Waals surface area contributed by atoms with Crippen LogP contribution in [0.1, 0.15) is 33.1 Å². The minimum absolute atomic E-state index is 0.148. The standard InChI is InChI=1S/C11H20N2O2/c1-9(2)13-10(14)8-11(15-13)4-6-12(3)7-5-11/h9H,4-8H2,1-3H3. The fourth-order valence-corrected chi connectivity index (χ4v) is 2.33. The third-order valence-corrected chi connectivity index (χ3v) is 3.38. The molecule has 2 aliphatic rings. The molecule has 0 aromatic heterocycles. The van der Waals surface area contributed by atoms with Crippen molar-refractivity contribution in [2.24, 2.45) is 0 Å². The lowest BCUT2D eigenvalue weighted by atomic mass is 9.89. The summed E-state index contributed by atoms with van der Waals surface area (Å²) in [6.45, 7) is 6.04. The monoisotopic (exact) mass is 212 g/mol. The SMILES string of the molecule is CC(C)N1OC2(CCN(C)CC2)CC1=O. The summed E-state index contributed by atoms with van der Waals surface area (Å²) < 4.78 is 0. The topological polar surface area (TPSA) is 32.8 Å². The fraction of sp³-hybridized carbons (Fsp3) is 0.909. The molecule has 0 bridgehead atoms. The molecule has 0 aromatic carbocycles. The van der Waals surface area contributed by atoms with Gasteiger partial charge in [0.2, 0.25) is 5.91 Å². The van der Waals surface area contributed by atoms with Gasteiger partial charge in [0.05, 0.1) is 12.5 Å². The minimum atomic E-state index is -0.187. The number of amides is 1. The highest BCUT2D eigenvalue weighted by Gasteiger charge is 2.46. The third-order valence-electron chi connectivity index (χ3n) is 3.38. The van der Waals surface area contributed by atoms with Crippen molar-refractivity contribution in [2.75, 3.05) is 20.1 Å².